The van der Waals surface area contributed by atoms with Crippen LogP contribution in [0.15, 0.2) is 0 Å². The first-order valence-corrected chi connectivity index (χ1v) is 6.91. The smallest absolute Gasteiger partial charge is 0.279 e. The summed E-state index contributed by atoms with van der Waals surface area (Å²) in [5.41, 5.74) is 0.223. The average Bonchev–Trinajstić information content (AvgIpc) is 2.96. The summed E-state index contributed by atoms with van der Waals surface area (Å²) in [6, 6.07) is 0. The van der Waals surface area contributed by atoms with E-state index in [1.165, 1.54) is 4.31 Å². The van der Waals surface area contributed by atoms with Crippen LogP contribution in [0.5, 0.6) is 0 Å². The minimum absolute atomic E-state index is 0.223. The van der Waals surface area contributed by atoms with E-state index in [0.29, 0.717) is 19.6 Å². The van der Waals surface area contributed by atoms with Gasteiger partial charge in [0.05, 0.1) is 0 Å². The van der Waals surface area contributed by atoms with Crippen LogP contribution in [-0.2, 0) is 10.2 Å². The molecule has 0 bridgehead atoms. The van der Waals surface area contributed by atoms with Crippen LogP contribution < -0.4 is 10.0 Å². The van der Waals surface area contributed by atoms with Crippen LogP contribution in [0, 0.1) is 5.41 Å². The molecule has 2 N–H and O–H groups in total. The van der Waals surface area contributed by atoms with Gasteiger partial charge in [0, 0.05) is 32.7 Å². The zero-order chi connectivity index (χ0) is 10.9. The Bertz CT molecular complexity index is 318. The first-order valence-electron chi connectivity index (χ1n) is 5.47. The molecule has 0 amide bonds. The van der Waals surface area contributed by atoms with E-state index in [2.05, 4.69) is 17.0 Å². The second-order valence-electron chi connectivity index (χ2n) is 4.79. The minimum atomic E-state index is -3.23. The van der Waals surface area contributed by atoms with E-state index in [0.717, 1.165) is 25.9 Å². The normalized spacial score (nSPS) is 26.5. The van der Waals surface area contributed by atoms with Crippen molar-refractivity contribution in [1.82, 2.24) is 14.3 Å². The maximum Gasteiger partial charge on any atom is 0.279 e. The van der Waals surface area contributed by atoms with Gasteiger partial charge in [-0.1, -0.05) is 6.92 Å². The second-order valence-corrected chi connectivity index (χ2v) is 6.54. The molecule has 1 saturated heterocycles. The standard InChI is InChI=1S/C9H19N3O2S/c1-9(2-3-9)8-11-15(13,14)12-6-4-10-5-7-12/h10-11H,2-8H2,1H3. The fourth-order valence-electron chi connectivity index (χ4n) is 1.63. The number of hydrogen-bond donors (Lipinski definition) is 2. The third-order valence-electron chi connectivity index (χ3n) is 3.20. The maximum atomic E-state index is 11.8. The first kappa shape index (κ1) is 11.3. The zero-order valence-corrected chi connectivity index (χ0v) is 9.94. The summed E-state index contributed by atoms with van der Waals surface area (Å²) in [6.07, 6.45) is 2.27. The van der Waals surface area contributed by atoms with Crippen molar-refractivity contribution in [2.24, 2.45) is 5.41 Å². The Balaban J connectivity index is 1.87. The van der Waals surface area contributed by atoms with Crippen molar-refractivity contribution < 1.29 is 8.42 Å². The predicted octanol–water partition coefficient (Wildman–Crippen LogP) is -0.474. The highest BCUT2D eigenvalue weighted by atomic mass is 32.2. The Morgan fingerprint density at radius 1 is 1.33 bits per heavy atom. The van der Waals surface area contributed by atoms with Gasteiger partial charge in [0.2, 0.25) is 0 Å². The average molecular weight is 233 g/mol. The monoisotopic (exact) mass is 233 g/mol. The van der Waals surface area contributed by atoms with Crippen LogP contribution >= 0.6 is 0 Å². The van der Waals surface area contributed by atoms with Crippen LogP contribution in [0.3, 0.4) is 0 Å². The summed E-state index contributed by atoms with van der Waals surface area (Å²) in [5.74, 6) is 0. The molecular formula is C9H19N3O2S. The molecule has 88 valence electrons. The highest BCUT2D eigenvalue weighted by molar-refractivity contribution is 7.87. The number of nitrogens with one attached hydrogen (secondary N) is 2. The van der Waals surface area contributed by atoms with Gasteiger partial charge in [-0.05, 0) is 18.3 Å². The molecule has 0 aromatic carbocycles. The van der Waals surface area contributed by atoms with Gasteiger partial charge in [0.1, 0.15) is 0 Å². The molecule has 1 saturated carbocycles. The maximum absolute atomic E-state index is 11.8. The zero-order valence-electron chi connectivity index (χ0n) is 9.12. The van der Waals surface area contributed by atoms with E-state index < -0.39 is 10.2 Å². The fourth-order valence-corrected chi connectivity index (χ4v) is 3.01. The summed E-state index contributed by atoms with van der Waals surface area (Å²) >= 11 is 0. The summed E-state index contributed by atoms with van der Waals surface area (Å²) in [6.45, 7) is 5.35. The summed E-state index contributed by atoms with van der Waals surface area (Å²) in [7, 11) is -3.23. The summed E-state index contributed by atoms with van der Waals surface area (Å²) < 4.78 is 27.9. The van der Waals surface area contributed by atoms with Crippen molar-refractivity contribution in [3.8, 4) is 0 Å². The van der Waals surface area contributed by atoms with Gasteiger partial charge in [-0.2, -0.15) is 12.7 Å². The lowest BCUT2D eigenvalue weighted by atomic mass is 10.2. The SMILES string of the molecule is CC1(CNS(=O)(=O)N2CCNCC2)CC1. The Morgan fingerprint density at radius 2 is 1.93 bits per heavy atom. The molecule has 2 aliphatic rings. The molecule has 0 unspecified atom stereocenters. The lowest BCUT2D eigenvalue weighted by molar-refractivity contribution is 0.352. The molecule has 0 atom stereocenters. The molecule has 1 aliphatic carbocycles. The lowest BCUT2D eigenvalue weighted by Gasteiger charge is -2.27. The Labute approximate surface area is 91.4 Å². The van der Waals surface area contributed by atoms with Crippen LogP contribution in [0.25, 0.3) is 0 Å². The van der Waals surface area contributed by atoms with Crippen LogP contribution in [0.4, 0.5) is 0 Å². The molecular weight excluding hydrogens is 214 g/mol. The van der Waals surface area contributed by atoms with E-state index in [9.17, 15) is 8.42 Å². The molecule has 1 heterocycles. The van der Waals surface area contributed by atoms with Crippen LogP contribution in [-0.4, -0.2) is 45.4 Å². The van der Waals surface area contributed by atoms with Crippen molar-refractivity contribution >= 4 is 10.2 Å². The van der Waals surface area contributed by atoms with Crippen molar-refractivity contribution in [3.63, 3.8) is 0 Å². The largest absolute Gasteiger partial charge is 0.314 e. The number of hydrogen-bond acceptors (Lipinski definition) is 3. The van der Waals surface area contributed by atoms with Gasteiger partial charge < -0.3 is 5.32 Å². The van der Waals surface area contributed by atoms with E-state index in [1.54, 1.807) is 0 Å². The lowest BCUT2D eigenvalue weighted by Crippen LogP contribution is -2.51. The predicted molar refractivity (Wildman–Crippen MR) is 58.7 cm³/mol. The van der Waals surface area contributed by atoms with Crippen molar-refractivity contribution in [2.75, 3.05) is 32.7 Å². The van der Waals surface area contributed by atoms with Crippen LogP contribution in [0.2, 0.25) is 0 Å². The van der Waals surface area contributed by atoms with Crippen molar-refractivity contribution in [2.45, 2.75) is 19.8 Å². The fraction of sp³-hybridized carbons (Fsp3) is 1.00. The first-order chi connectivity index (χ1) is 7.02. The Hall–Kier alpha value is -0.170. The number of piperazine rings is 1. The molecule has 15 heavy (non-hydrogen) atoms. The molecule has 2 rings (SSSR count). The van der Waals surface area contributed by atoms with Crippen LogP contribution in [0.1, 0.15) is 19.8 Å². The molecule has 2 fully saturated rings. The Kier molecular flexibility index (Phi) is 3.03. The van der Waals surface area contributed by atoms with E-state index >= 15 is 0 Å². The number of nitrogens with zero attached hydrogens (tertiary/aromatic N) is 1. The van der Waals surface area contributed by atoms with Gasteiger partial charge >= 0.3 is 0 Å². The van der Waals surface area contributed by atoms with Crippen molar-refractivity contribution in [1.29, 1.82) is 0 Å². The van der Waals surface area contributed by atoms with E-state index in [4.69, 9.17) is 0 Å². The van der Waals surface area contributed by atoms with Crippen molar-refractivity contribution in [3.05, 3.63) is 0 Å². The molecule has 5 nitrogen and oxygen atoms in total. The second kappa shape index (κ2) is 4.01. The van der Waals surface area contributed by atoms with Gasteiger partial charge in [-0.25, -0.2) is 4.72 Å². The minimum Gasteiger partial charge on any atom is -0.314 e. The molecule has 0 spiro atoms. The molecule has 0 radical (unpaired) electrons. The van der Waals surface area contributed by atoms with E-state index in [1.807, 2.05) is 0 Å². The summed E-state index contributed by atoms with van der Waals surface area (Å²) in [4.78, 5) is 0. The quantitative estimate of drug-likeness (QED) is 0.690. The van der Waals surface area contributed by atoms with Gasteiger partial charge in [-0.3, -0.25) is 0 Å². The van der Waals surface area contributed by atoms with E-state index in [-0.39, 0.29) is 5.41 Å². The third kappa shape index (κ3) is 2.90. The molecule has 0 aromatic heterocycles. The Morgan fingerprint density at radius 3 is 2.47 bits per heavy atom. The highest BCUT2D eigenvalue weighted by Gasteiger charge is 2.38. The van der Waals surface area contributed by atoms with Gasteiger partial charge in [-0.15, -0.1) is 0 Å². The topological polar surface area (TPSA) is 61.4 Å². The van der Waals surface area contributed by atoms with Gasteiger partial charge in [0.25, 0.3) is 10.2 Å². The molecule has 6 heteroatoms. The number of rotatable bonds is 4. The summed E-state index contributed by atoms with van der Waals surface area (Å²) in [5, 5.41) is 3.14. The molecule has 1 aliphatic heterocycles. The highest BCUT2D eigenvalue weighted by Crippen LogP contribution is 2.44. The molecule has 0 aromatic rings. The third-order valence-corrected chi connectivity index (χ3v) is 4.75. The van der Waals surface area contributed by atoms with Gasteiger partial charge in [0.15, 0.2) is 0 Å².